The summed E-state index contributed by atoms with van der Waals surface area (Å²) in [7, 11) is 2.21. The Balaban J connectivity index is 0.00000288. The zero-order chi connectivity index (χ0) is 16.7. The van der Waals surface area contributed by atoms with Crippen LogP contribution >= 0.6 is 35.3 Å². The molecule has 7 heteroatoms. The van der Waals surface area contributed by atoms with Crippen molar-refractivity contribution >= 4 is 41.3 Å². The largest absolute Gasteiger partial charge is 0.357 e. The Hall–Kier alpha value is -0.410. The summed E-state index contributed by atoms with van der Waals surface area (Å²) >= 11 is 1.81. The number of hydrogen-bond acceptors (Lipinski definition) is 4. The van der Waals surface area contributed by atoms with Gasteiger partial charge in [0, 0.05) is 42.7 Å². The number of rotatable bonds is 9. The van der Waals surface area contributed by atoms with Crippen molar-refractivity contribution in [2.75, 3.05) is 26.7 Å². The molecule has 5 nitrogen and oxygen atoms in total. The third-order valence-electron chi connectivity index (χ3n) is 4.26. The van der Waals surface area contributed by atoms with Crippen LogP contribution in [0.1, 0.15) is 43.5 Å². The molecule has 138 valence electrons. The normalized spacial score (nSPS) is 16.0. The Morgan fingerprint density at radius 3 is 2.75 bits per heavy atom. The van der Waals surface area contributed by atoms with Gasteiger partial charge >= 0.3 is 0 Å². The van der Waals surface area contributed by atoms with Gasteiger partial charge in [-0.25, -0.2) is 4.98 Å². The van der Waals surface area contributed by atoms with Gasteiger partial charge in [0.05, 0.1) is 11.6 Å². The predicted octanol–water partition coefficient (Wildman–Crippen LogP) is 2.90. The third-order valence-corrected chi connectivity index (χ3v) is 5.46. The summed E-state index contributed by atoms with van der Waals surface area (Å²) < 4.78 is 0. The Morgan fingerprint density at radius 1 is 1.42 bits per heavy atom. The fraction of sp³-hybridized carbons (Fsp3) is 0.765. The summed E-state index contributed by atoms with van der Waals surface area (Å²) in [6.07, 6.45) is 6.70. The van der Waals surface area contributed by atoms with Gasteiger partial charge in [0.2, 0.25) is 0 Å². The number of halogens is 1. The molecule has 0 spiro atoms. The molecule has 0 aliphatic heterocycles. The van der Waals surface area contributed by atoms with E-state index in [0.29, 0.717) is 6.04 Å². The van der Waals surface area contributed by atoms with E-state index in [1.165, 1.54) is 22.7 Å². The van der Waals surface area contributed by atoms with Crippen LogP contribution in [0.15, 0.2) is 11.2 Å². The van der Waals surface area contributed by atoms with Crippen LogP contribution in [0.25, 0.3) is 0 Å². The fourth-order valence-corrected chi connectivity index (χ4v) is 3.31. The second kappa shape index (κ2) is 11.3. The number of aromatic nitrogens is 1. The number of aryl methyl sites for hydroxylation is 1. The van der Waals surface area contributed by atoms with Gasteiger partial charge in [-0.3, -0.25) is 9.89 Å². The average Bonchev–Trinajstić information content (AvgIpc) is 3.30. The number of aliphatic imine (C=N–C) groups is 1. The summed E-state index contributed by atoms with van der Waals surface area (Å²) in [5, 5.41) is 7.95. The molecular weight excluding hydrogens is 433 g/mol. The van der Waals surface area contributed by atoms with E-state index in [4.69, 9.17) is 4.99 Å². The topological polar surface area (TPSA) is 52.6 Å². The van der Waals surface area contributed by atoms with Crippen LogP contribution in [0.5, 0.6) is 0 Å². The number of hydrogen-bond donors (Lipinski definition) is 2. The number of guanidine groups is 1. The van der Waals surface area contributed by atoms with Crippen molar-refractivity contribution in [2.45, 2.75) is 58.5 Å². The minimum atomic E-state index is 0. The van der Waals surface area contributed by atoms with Crippen LogP contribution in [0, 0.1) is 0 Å². The highest BCUT2D eigenvalue weighted by Gasteiger charge is 2.28. The monoisotopic (exact) mass is 465 g/mol. The van der Waals surface area contributed by atoms with Crippen molar-refractivity contribution in [1.82, 2.24) is 20.5 Å². The van der Waals surface area contributed by atoms with Crippen LogP contribution in [0.2, 0.25) is 0 Å². The maximum absolute atomic E-state index is 4.73. The Morgan fingerprint density at radius 2 is 2.17 bits per heavy atom. The third kappa shape index (κ3) is 7.23. The maximum Gasteiger partial charge on any atom is 0.191 e. The van der Waals surface area contributed by atoms with Gasteiger partial charge in [-0.05, 0) is 40.2 Å². The van der Waals surface area contributed by atoms with Crippen molar-refractivity contribution in [2.24, 2.45) is 4.99 Å². The molecule has 1 aromatic heterocycles. The molecule has 24 heavy (non-hydrogen) atoms. The fourth-order valence-electron chi connectivity index (χ4n) is 2.45. The summed E-state index contributed by atoms with van der Waals surface area (Å²) in [6.45, 7) is 9.12. The lowest BCUT2D eigenvalue weighted by atomic mass is 10.3. The lowest BCUT2D eigenvalue weighted by Crippen LogP contribution is -2.40. The molecule has 0 radical (unpaired) electrons. The minimum Gasteiger partial charge on any atom is -0.357 e. The number of likely N-dealkylation sites (N-methyl/N-ethyl adjacent to an activating group) is 1. The van der Waals surface area contributed by atoms with Gasteiger partial charge in [-0.1, -0.05) is 6.92 Å². The Bertz CT molecular complexity index is 501. The van der Waals surface area contributed by atoms with Gasteiger partial charge < -0.3 is 10.6 Å². The first kappa shape index (κ1) is 21.6. The van der Waals surface area contributed by atoms with Crippen LogP contribution in [0.4, 0.5) is 0 Å². The minimum absolute atomic E-state index is 0. The Labute approximate surface area is 167 Å². The van der Waals surface area contributed by atoms with Gasteiger partial charge in [0.1, 0.15) is 0 Å². The first-order valence-electron chi connectivity index (χ1n) is 8.81. The van der Waals surface area contributed by atoms with Crippen molar-refractivity contribution in [3.63, 3.8) is 0 Å². The summed E-state index contributed by atoms with van der Waals surface area (Å²) in [5.41, 5.74) is 0. The molecule has 0 amide bonds. The van der Waals surface area contributed by atoms with E-state index in [1.807, 2.05) is 17.5 Å². The standard InChI is InChI=1S/C17H31N5S.HI/c1-5-15-12-20-16(23-15)9-10-19-17(18-6-2)21-11-13(3)22(4)14-7-8-14;/h12-14H,5-11H2,1-4H3,(H2,18,19,21);1H. The van der Waals surface area contributed by atoms with Gasteiger partial charge in [0.25, 0.3) is 0 Å². The lowest BCUT2D eigenvalue weighted by Gasteiger charge is -2.23. The summed E-state index contributed by atoms with van der Waals surface area (Å²) in [5.74, 6) is 0.913. The molecule has 2 N–H and O–H groups in total. The highest BCUT2D eigenvalue weighted by atomic mass is 127. The maximum atomic E-state index is 4.73. The molecule has 1 aliphatic carbocycles. The molecule has 1 atom stereocenters. The second-order valence-corrected chi connectivity index (χ2v) is 7.42. The Kier molecular flexibility index (Phi) is 10.1. The van der Waals surface area contributed by atoms with Gasteiger partial charge in [-0.2, -0.15) is 0 Å². The lowest BCUT2D eigenvalue weighted by molar-refractivity contribution is 0.253. The van der Waals surface area contributed by atoms with Crippen molar-refractivity contribution in [3.8, 4) is 0 Å². The molecule has 1 fully saturated rings. The molecule has 0 aromatic carbocycles. The molecule has 1 aromatic rings. The molecular formula is C17H32IN5S. The smallest absolute Gasteiger partial charge is 0.191 e. The molecule has 1 heterocycles. The second-order valence-electron chi connectivity index (χ2n) is 6.22. The number of nitrogens with zero attached hydrogens (tertiary/aromatic N) is 3. The average molecular weight is 465 g/mol. The van der Waals surface area contributed by atoms with Crippen LogP contribution < -0.4 is 10.6 Å². The molecule has 1 unspecified atom stereocenters. The zero-order valence-electron chi connectivity index (χ0n) is 15.3. The summed E-state index contributed by atoms with van der Waals surface area (Å²) in [6, 6.07) is 1.28. The molecule has 2 rings (SSSR count). The SMILES string of the molecule is CCNC(=NCC(C)N(C)C1CC1)NCCc1ncc(CC)s1.I. The molecule has 0 bridgehead atoms. The van der Waals surface area contributed by atoms with E-state index in [1.54, 1.807) is 0 Å². The van der Waals surface area contributed by atoms with Crippen molar-refractivity contribution < 1.29 is 0 Å². The van der Waals surface area contributed by atoms with Gasteiger partial charge in [0.15, 0.2) is 5.96 Å². The first-order valence-corrected chi connectivity index (χ1v) is 9.63. The van der Waals surface area contributed by atoms with E-state index in [2.05, 4.69) is 48.3 Å². The van der Waals surface area contributed by atoms with Crippen molar-refractivity contribution in [3.05, 3.63) is 16.1 Å². The van der Waals surface area contributed by atoms with Crippen LogP contribution in [-0.2, 0) is 12.8 Å². The van der Waals surface area contributed by atoms with E-state index in [0.717, 1.165) is 44.5 Å². The van der Waals surface area contributed by atoms with E-state index in [9.17, 15) is 0 Å². The van der Waals surface area contributed by atoms with Gasteiger partial charge in [-0.15, -0.1) is 35.3 Å². The molecule has 0 saturated heterocycles. The van der Waals surface area contributed by atoms with Crippen molar-refractivity contribution in [1.29, 1.82) is 0 Å². The molecule has 1 saturated carbocycles. The predicted molar refractivity (Wildman–Crippen MR) is 115 cm³/mol. The highest BCUT2D eigenvalue weighted by Crippen LogP contribution is 2.26. The van der Waals surface area contributed by atoms with E-state index >= 15 is 0 Å². The molecule has 1 aliphatic rings. The number of thiazole rings is 1. The summed E-state index contributed by atoms with van der Waals surface area (Å²) in [4.78, 5) is 13.0. The van der Waals surface area contributed by atoms with Crippen LogP contribution in [-0.4, -0.2) is 54.6 Å². The quantitative estimate of drug-likeness (QED) is 0.335. The first-order chi connectivity index (χ1) is 11.1. The van der Waals surface area contributed by atoms with E-state index in [-0.39, 0.29) is 24.0 Å². The highest BCUT2D eigenvalue weighted by molar-refractivity contribution is 14.0. The zero-order valence-corrected chi connectivity index (χ0v) is 18.5. The van der Waals surface area contributed by atoms with Crippen LogP contribution in [0.3, 0.4) is 0 Å². The number of nitrogens with one attached hydrogen (secondary N) is 2. The van der Waals surface area contributed by atoms with E-state index < -0.39 is 0 Å².